The molecule has 1 aromatic carbocycles. The number of aromatic nitrogens is 1. The molecule has 1 saturated heterocycles. The quantitative estimate of drug-likeness (QED) is 0.526. The van der Waals surface area contributed by atoms with Gasteiger partial charge in [-0.1, -0.05) is 6.07 Å². The number of halogens is 3. The normalized spacial score (nSPS) is 16.1. The molecule has 0 aliphatic carbocycles. The highest BCUT2D eigenvalue weighted by atomic mass is 32.2. The fourth-order valence-electron chi connectivity index (χ4n) is 3.50. The monoisotopic (exact) mass is 465 g/mol. The number of carboxylic acids is 1. The number of nitrogens with two attached hydrogens (primary N) is 1. The molecule has 32 heavy (non-hydrogen) atoms. The molecule has 0 radical (unpaired) electrons. The van der Waals surface area contributed by atoms with Crippen molar-refractivity contribution in [2.24, 2.45) is 5.73 Å². The summed E-state index contributed by atoms with van der Waals surface area (Å²) in [6, 6.07) is 7.56. The average molecular weight is 466 g/mol. The molecule has 1 aliphatic heterocycles. The number of benzene rings is 1. The second-order valence-corrected chi connectivity index (χ2v) is 8.26. The van der Waals surface area contributed by atoms with E-state index >= 15 is 0 Å². The number of hydrogen-bond acceptors (Lipinski definition) is 7. The van der Waals surface area contributed by atoms with Gasteiger partial charge in [-0.15, -0.1) is 11.8 Å². The minimum atomic E-state index is -4.74. The summed E-state index contributed by atoms with van der Waals surface area (Å²) >= 11 is 1.36. The summed E-state index contributed by atoms with van der Waals surface area (Å²) in [4.78, 5) is 17.6. The topological polar surface area (TPSA) is 115 Å². The Morgan fingerprint density at radius 2 is 2.19 bits per heavy atom. The van der Waals surface area contributed by atoms with Gasteiger partial charge in [0, 0.05) is 30.4 Å². The van der Waals surface area contributed by atoms with Crippen molar-refractivity contribution < 1.29 is 23.1 Å². The van der Waals surface area contributed by atoms with Gasteiger partial charge in [0.2, 0.25) is 0 Å². The van der Waals surface area contributed by atoms with Gasteiger partial charge in [-0.2, -0.15) is 18.4 Å². The Balaban J connectivity index is 2.07. The van der Waals surface area contributed by atoms with Crippen LogP contribution in [-0.4, -0.2) is 41.4 Å². The van der Waals surface area contributed by atoms with Gasteiger partial charge < -0.3 is 21.1 Å². The molecule has 3 rings (SSSR count). The van der Waals surface area contributed by atoms with Crippen LogP contribution in [-0.2, 0) is 17.4 Å². The van der Waals surface area contributed by atoms with Crippen LogP contribution in [0.3, 0.4) is 0 Å². The van der Waals surface area contributed by atoms with Crippen molar-refractivity contribution >= 4 is 35.1 Å². The molecule has 4 N–H and O–H groups in total. The number of carbonyl (C=O) groups is 1. The van der Waals surface area contributed by atoms with Crippen molar-refractivity contribution in [3.63, 3.8) is 0 Å². The molecular weight excluding hydrogens is 443 g/mol. The van der Waals surface area contributed by atoms with Crippen LogP contribution in [0.15, 0.2) is 29.2 Å². The zero-order valence-corrected chi connectivity index (χ0v) is 18.1. The first-order chi connectivity index (χ1) is 15.1. The molecule has 2 heterocycles. The van der Waals surface area contributed by atoms with Gasteiger partial charge in [0.15, 0.2) is 5.82 Å². The lowest BCUT2D eigenvalue weighted by Crippen LogP contribution is -2.27. The summed E-state index contributed by atoms with van der Waals surface area (Å²) in [7, 11) is 0. The van der Waals surface area contributed by atoms with Crippen LogP contribution in [0.2, 0.25) is 0 Å². The van der Waals surface area contributed by atoms with E-state index in [-0.39, 0.29) is 30.5 Å². The number of aliphatic carboxylic acids is 1. The number of pyridine rings is 1. The third kappa shape index (κ3) is 5.44. The Morgan fingerprint density at radius 3 is 2.75 bits per heavy atom. The van der Waals surface area contributed by atoms with E-state index in [1.165, 1.54) is 11.8 Å². The van der Waals surface area contributed by atoms with E-state index < -0.39 is 23.3 Å². The summed E-state index contributed by atoms with van der Waals surface area (Å²) in [5.41, 5.74) is 5.38. The van der Waals surface area contributed by atoms with E-state index in [2.05, 4.69) is 10.3 Å². The average Bonchev–Trinajstić information content (AvgIpc) is 3.17. The van der Waals surface area contributed by atoms with Crippen LogP contribution < -0.4 is 16.0 Å². The second kappa shape index (κ2) is 9.67. The third-order valence-corrected chi connectivity index (χ3v) is 5.91. The number of thioether (sulfide) groups is 1. The maximum Gasteiger partial charge on any atom is 0.417 e. The SMILES string of the molecule is CSc1ccc(CCC(=O)O)cc1Nc1nc(N2CC[C@H](N)C2)cc(C(F)(F)F)c1C#N. The van der Waals surface area contributed by atoms with Crippen molar-refractivity contribution in [1.29, 1.82) is 5.26 Å². The first kappa shape index (κ1) is 23.7. The molecule has 1 aliphatic rings. The smallest absolute Gasteiger partial charge is 0.417 e. The highest BCUT2D eigenvalue weighted by molar-refractivity contribution is 7.98. The summed E-state index contributed by atoms with van der Waals surface area (Å²) < 4.78 is 41.3. The highest BCUT2D eigenvalue weighted by Crippen LogP contribution is 2.39. The highest BCUT2D eigenvalue weighted by Gasteiger charge is 2.37. The summed E-state index contributed by atoms with van der Waals surface area (Å²) in [6.07, 6.45) is -2.13. The fourth-order valence-corrected chi connectivity index (χ4v) is 4.04. The van der Waals surface area contributed by atoms with Gasteiger partial charge in [0.1, 0.15) is 17.5 Å². The molecule has 0 spiro atoms. The van der Waals surface area contributed by atoms with Crippen LogP contribution in [0, 0.1) is 11.3 Å². The maximum atomic E-state index is 13.8. The van der Waals surface area contributed by atoms with Gasteiger partial charge in [0.05, 0.1) is 11.3 Å². The largest absolute Gasteiger partial charge is 0.481 e. The van der Waals surface area contributed by atoms with E-state index in [1.54, 1.807) is 35.4 Å². The van der Waals surface area contributed by atoms with Crippen LogP contribution in [0.4, 0.5) is 30.5 Å². The van der Waals surface area contributed by atoms with Crippen LogP contribution in [0.1, 0.15) is 29.5 Å². The molecular formula is C21H22F3N5O2S. The first-order valence-electron chi connectivity index (χ1n) is 9.81. The number of nitrogens with one attached hydrogen (secondary N) is 1. The first-order valence-corrected chi connectivity index (χ1v) is 11.0. The van der Waals surface area contributed by atoms with Crippen LogP contribution >= 0.6 is 11.8 Å². The number of nitrogens with zero attached hydrogens (tertiary/aromatic N) is 3. The van der Waals surface area contributed by atoms with Gasteiger partial charge in [-0.05, 0) is 42.9 Å². The molecule has 1 atom stereocenters. The zero-order chi connectivity index (χ0) is 23.5. The Hall–Kier alpha value is -2.97. The molecule has 1 aromatic heterocycles. The van der Waals surface area contributed by atoms with Gasteiger partial charge >= 0.3 is 12.1 Å². The summed E-state index contributed by atoms with van der Waals surface area (Å²) in [5, 5.41) is 21.4. The van der Waals surface area contributed by atoms with E-state index in [0.717, 1.165) is 11.0 Å². The van der Waals surface area contributed by atoms with E-state index in [9.17, 15) is 23.2 Å². The Kier molecular flexibility index (Phi) is 7.16. The fraction of sp³-hybridized carbons (Fsp3) is 0.381. The minimum absolute atomic E-state index is 0.0807. The molecule has 11 heteroatoms. The second-order valence-electron chi connectivity index (χ2n) is 7.41. The molecule has 0 unspecified atom stereocenters. The Labute approximate surface area is 187 Å². The molecule has 0 bridgehead atoms. The summed E-state index contributed by atoms with van der Waals surface area (Å²) in [6.45, 7) is 0.841. The molecule has 0 amide bonds. The number of carboxylic acid groups (broad SMARTS) is 1. The van der Waals surface area contributed by atoms with E-state index in [0.29, 0.717) is 30.8 Å². The van der Waals surface area contributed by atoms with Crippen molar-refractivity contribution in [3.05, 3.63) is 41.0 Å². The zero-order valence-electron chi connectivity index (χ0n) is 17.2. The predicted molar refractivity (Wildman–Crippen MR) is 116 cm³/mol. The Bertz CT molecular complexity index is 1050. The number of anilines is 3. The molecule has 2 aromatic rings. The summed E-state index contributed by atoms with van der Waals surface area (Å²) in [5.74, 6) is -1.06. The minimum Gasteiger partial charge on any atom is -0.481 e. The number of rotatable bonds is 7. The molecule has 170 valence electrons. The number of alkyl halides is 3. The van der Waals surface area contributed by atoms with Crippen molar-refractivity contribution in [1.82, 2.24) is 4.98 Å². The van der Waals surface area contributed by atoms with Crippen LogP contribution in [0.5, 0.6) is 0 Å². The van der Waals surface area contributed by atoms with Gasteiger partial charge in [-0.25, -0.2) is 4.98 Å². The van der Waals surface area contributed by atoms with Gasteiger partial charge in [0.25, 0.3) is 0 Å². The molecule has 0 saturated carbocycles. The number of hydrogen-bond donors (Lipinski definition) is 3. The maximum absolute atomic E-state index is 13.8. The lowest BCUT2D eigenvalue weighted by molar-refractivity contribution is -0.138. The predicted octanol–water partition coefficient (Wildman–Crippen LogP) is 3.99. The third-order valence-electron chi connectivity index (χ3n) is 5.12. The van der Waals surface area contributed by atoms with Crippen molar-refractivity contribution in [3.8, 4) is 6.07 Å². The van der Waals surface area contributed by atoms with Gasteiger partial charge in [-0.3, -0.25) is 4.79 Å². The van der Waals surface area contributed by atoms with Crippen LogP contribution in [0.25, 0.3) is 0 Å². The Morgan fingerprint density at radius 1 is 1.44 bits per heavy atom. The number of aryl methyl sites for hydroxylation is 1. The number of nitriles is 1. The lowest BCUT2D eigenvalue weighted by Gasteiger charge is -2.22. The van der Waals surface area contributed by atoms with E-state index in [4.69, 9.17) is 10.8 Å². The lowest BCUT2D eigenvalue weighted by atomic mass is 10.1. The van der Waals surface area contributed by atoms with Crippen molar-refractivity contribution in [2.75, 3.05) is 29.6 Å². The standard InChI is InChI=1S/C21H22F3N5O2S/c1-32-17-4-2-12(3-5-19(30)31)8-16(17)27-20-14(10-25)15(21(22,23)24)9-18(28-20)29-7-6-13(26)11-29/h2,4,8-9,13H,3,5-7,11,26H2,1H3,(H,27,28)(H,30,31)/t13-/m0/s1. The van der Waals surface area contributed by atoms with E-state index in [1.807, 2.05) is 0 Å². The molecule has 7 nitrogen and oxygen atoms in total. The van der Waals surface area contributed by atoms with Crippen molar-refractivity contribution in [2.45, 2.75) is 36.4 Å². The molecule has 1 fully saturated rings.